The summed E-state index contributed by atoms with van der Waals surface area (Å²) in [7, 11) is 0. The number of primary amides is 1. The van der Waals surface area contributed by atoms with Gasteiger partial charge in [-0.3, -0.25) is 14.3 Å². The van der Waals surface area contributed by atoms with Crippen molar-refractivity contribution in [3.05, 3.63) is 59.4 Å². The van der Waals surface area contributed by atoms with Gasteiger partial charge in [-0.15, -0.1) is 5.10 Å². The number of nitrogens with one attached hydrogen (secondary N) is 1. The van der Waals surface area contributed by atoms with Crippen molar-refractivity contribution in [2.45, 2.75) is 13.0 Å². The maximum Gasteiger partial charge on any atom is 0.237 e. The first-order valence-electron chi connectivity index (χ1n) is 9.08. The number of hydrogen-bond acceptors (Lipinski definition) is 7. The summed E-state index contributed by atoms with van der Waals surface area (Å²) < 4.78 is 1.82. The van der Waals surface area contributed by atoms with Crippen LogP contribution in [0, 0.1) is 0 Å². The minimum absolute atomic E-state index is 0.163. The number of aromatic amines is 1. The van der Waals surface area contributed by atoms with Gasteiger partial charge in [-0.1, -0.05) is 17.3 Å². The zero-order valence-corrected chi connectivity index (χ0v) is 15.9. The number of hydrogen-bond donors (Lipinski definition) is 3. The maximum absolute atomic E-state index is 11.1. The van der Waals surface area contributed by atoms with Crippen LogP contribution in [0.1, 0.15) is 16.7 Å². The second-order valence-electron chi connectivity index (χ2n) is 6.80. The Balaban J connectivity index is 1.46. The van der Waals surface area contributed by atoms with E-state index < -0.39 is 5.91 Å². The van der Waals surface area contributed by atoms with Gasteiger partial charge in [0.25, 0.3) is 0 Å². The van der Waals surface area contributed by atoms with Gasteiger partial charge in [-0.25, -0.2) is 10.1 Å². The van der Waals surface area contributed by atoms with Crippen LogP contribution in [0.5, 0.6) is 0 Å². The van der Waals surface area contributed by atoms with Gasteiger partial charge in [-0.05, 0) is 34.9 Å². The molecule has 152 valence electrons. The number of carbonyl (C=O) groups is 2. The van der Waals surface area contributed by atoms with Gasteiger partial charge in [0.2, 0.25) is 12.3 Å². The first-order valence-corrected chi connectivity index (χ1v) is 9.08. The number of nitrogens with zero attached hydrogens (tertiary/aromatic N) is 6. The van der Waals surface area contributed by atoms with Crippen LogP contribution in [0.3, 0.4) is 0 Å². The number of fused-ring (bicyclic) bond motifs is 1. The lowest BCUT2D eigenvalue weighted by Gasteiger charge is -2.15. The Morgan fingerprint density at radius 2 is 2.03 bits per heavy atom. The first-order chi connectivity index (χ1) is 14.5. The van der Waals surface area contributed by atoms with E-state index in [0.29, 0.717) is 42.0 Å². The SMILES string of the molecule is NC(=O)CN(C=O)c1ccc(Cn2cc(Cc3cc(N)nc4[nH]nnc34)cn2)cc1. The second-order valence-corrected chi connectivity index (χ2v) is 6.80. The van der Waals surface area contributed by atoms with E-state index in [2.05, 4.69) is 25.5 Å². The number of nitrogen functional groups attached to an aromatic ring is 1. The van der Waals surface area contributed by atoms with Crippen LogP contribution in [0.15, 0.2) is 42.7 Å². The molecule has 11 heteroatoms. The smallest absolute Gasteiger partial charge is 0.237 e. The molecule has 5 N–H and O–H groups in total. The second kappa shape index (κ2) is 7.99. The molecule has 0 aliphatic rings. The zero-order valence-electron chi connectivity index (χ0n) is 15.9. The molecule has 0 aliphatic carbocycles. The van der Waals surface area contributed by atoms with Gasteiger partial charge < -0.3 is 16.4 Å². The molecule has 0 atom stereocenters. The lowest BCUT2D eigenvalue weighted by molar-refractivity contribution is -0.118. The Morgan fingerprint density at radius 3 is 2.77 bits per heavy atom. The number of H-pyrrole nitrogens is 1. The highest BCUT2D eigenvalue weighted by molar-refractivity contribution is 5.87. The lowest BCUT2D eigenvalue weighted by Crippen LogP contribution is -2.32. The molecule has 30 heavy (non-hydrogen) atoms. The highest BCUT2D eigenvalue weighted by Gasteiger charge is 2.11. The van der Waals surface area contributed by atoms with Gasteiger partial charge in [0.05, 0.1) is 12.7 Å². The fourth-order valence-corrected chi connectivity index (χ4v) is 3.20. The summed E-state index contributed by atoms with van der Waals surface area (Å²) in [5.74, 6) is -0.175. The van der Waals surface area contributed by atoms with Crippen molar-refractivity contribution in [3.8, 4) is 0 Å². The van der Waals surface area contributed by atoms with Crippen LogP contribution in [0.2, 0.25) is 0 Å². The molecule has 4 rings (SSSR count). The van der Waals surface area contributed by atoms with Crippen LogP contribution >= 0.6 is 0 Å². The number of rotatable bonds is 8. The molecule has 0 fully saturated rings. The highest BCUT2D eigenvalue weighted by atomic mass is 16.2. The van der Waals surface area contributed by atoms with Crippen molar-refractivity contribution in [3.63, 3.8) is 0 Å². The normalized spacial score (nSPS) is 10.9. The van der Waals surface area contributed by atoms with Crippen molar-refractivity contribution in [2.24, 2.45) is 5.73 Å². The topological polar surface area (TPSA) is 162 Å². The number of pyridine rings is 1. The van der Waals surface area contributed by atoms with E-state index in [1.165, 1.54) is 4.90 Å². The van der Waals surface area contributed by atoms with Crippen molar-refractivity contribution in [2.75, 3.05) is 17.2 Å². The summed E-state index contributed by atoms with van der Waals surface area (Å²) in [6.07, 6.45) is 4.91. The third kappa shape index (κ3) is 4.09. The third-order valence-corrected chi connectivity index (χ3v) is 4.54. The van der Waals surface area contributed by atoms with Crippen molar-refractivity contribution in [1.82, 2.24) is 30.2 Å². The predicted molar refractivity (Wildman–Crippen MR) is 109 cm³/mol. The van der Waals surface area contributed by atoms with E-state index in [1.54, 1.807) is 24.4 Å². The summed E-state index contributed by atoms with van der Waals surface area (Å²) in [6.45, 7) is 0.388. The fourth-order valence-electron chi connectivity index (χ4n) is 3.20. The molecule has 0 radical (unpaired) electrons. The number of aromatic nitrogens is 6. The average Bonchev–Trinajstić information content (AvgIpc) is 3.36. The third-order valence-electron chi connectivity index (χ3n) is 4.54. The summed E-state index contributed by atoms with van der Waals surface area (Å²) >= 11 is 0. The van der Waals surface area contributed by atoms with Crippen molar-refractivity contribution >= 4 is 35.0 Å². The van der Waals surface area contributed by atoms with E-state index in [4.69, 9.17) is 11.5 Å². The van der Waals surface area contributed by atoms with Gasteiger partial charge in [0, 0.05) is 18.3 Å². The molecular weight excluding hydrogens is 386 g/mol. The minimum atomic E-state index is -0.575. The minimum Gasteiger partial charge on any atom is -0.384 e. The molecule has 0 unspecified atom stereocenters. The predicted octanol–water partition coefficient (Wildman–Crippen LogP) is 0.219. The Labute approximate surface area is 170 Å². The molecule has 0 saturated heterocycles. The Hall–Kier alpha value is -4.28. The summed E-state index contributed by atoms with van der Waals surface area (Å²) in [6, 6.07) is 9.05. The molecule has 0 aliphatic heterocycles. The van der Waals surface area contributed by atoms with Crippen LogP contribution < -0.4 is 16.4 Å². The molecule has 0 spiro atoms. The molecular formula is C19H19N9O2. The number of benzene rings is 1. The summed E-state index contributed by atoms with van der Waals surface area (Å²) in [4.78, 5) is 27.6. The van der Waals surface area contributed by atoms with E-state index in [1.807, 2.05) is 23.0 Å². The average molecular weight is 405 g/mol. The van der Waals surface area contributed by atoms with Gasteiger partial charge >= 0.3 is 0 Å². The largest absolute Gasteiger partial charge is 0.384 e. The van der Waals surface area contributed by atoms with Gasteiger partial charge in [-0.2, -0.15) is 5.10 Å². The van der Waals surface area contributed by atoms with Gasteiger partial charge in [0.1, 0.15) is 17.9 Å². The van der Waals surface area contributed by atoms with Crippen molar-refractivity contribution < 1.29 is 9.59 Å². The van der Waals surface area contributed by atoms with Crippen LogP contribution in [0.4, 0.5) is 11.5 Å². The number of amides is 2. The van der Waals surface area contributed by atoms with Crippen LogP contribution in [-0.2, 0) is 22.6 Å². The Bertz CT molecular complexity index is 1200. The molecule has 1 aromatic carbocycles. The van der Waals surface area contributed by atoms with E-state index in [0.717, 1.165) is 16.7 Å². The number of carbonyl (C=O) groups excluding carboxylic acids is 2. The summed E-state index contributed by atoms with van der Waals surface area (Å²) in [5.41, 5.74) is 15.8. The van der Waals surface area contributed by atoms with E-state index in [-0.39, 0.29) is 6.54 Å². The van der Waals surface area contributed by atoms with Crippen LogP contribution in [0.25, 0.3) is 11.2 Å². The monoisotopic (exact) mass is 405 g/mol. The molecule has 0 bridgehead atoms. The molecule has 0 saturated carbocycles. The quantitative estimate of drug-likeness (QED) is 0.353. The fraction of sp³-hybridized carbons (Fsp3) is 0.158. The standard InChI is InChI=1S/C19H19N9O2/c20-16-6-14(18-19(23-16)25-26-24-18)5-13-7-22-28(9-13)8-12-1-3-15(4-2-12)27(11-29)10-17(21)30/h1-4,6-7,9,11H,5,8,10H2,(H2,21,30)(H3,20,23,24,25,26). The first kappa shape index (κ1) is 19.1. The molecule has 11 nitrogen and oxygen atoms in total. The molecule has 2 amide bonds. The maximum atomic E-state index is 11.1. The Morgan fingerprint density at radius 1 is 1.23 bits per heavy atom. The zero-order chi connectivity index (χ0) is 21.1. The van der Waals surface area contributed by atoms with Gasteiger partial charge in [0.15, 0.2) is 5.65 Å². The summed E-state index contributed by atoms with van der Waals surface area (Å²) in [5, 5.41) is 15.0. The molecule has 3 heterocycles. The van der Waals surface area contributed by atoms with E-state index >= 15 is 0 Å². The van der Waals surface area contributed by atoms with Crippen LogP contribution in [-0.4, -0.2) is 49.0 Å². The lowest BCUT2D eigenvalue weighted by atomic mass is 10.1. The number of anilines is 2. The van der Waals surface area contributed by atoms with E-state index in [9.17, 15) is 9.59 Å². The Kier molecular flexibility index (Phi) is 5.08. The van der Waals surface area contributed by atoms with Crippen molar-refractivity contribution in [1.29, 1.82) is 0 Å². The molecule has 4 aromatic rings. The molecule has 3 aromatic heterocycles. The highest BCUT2D eigenvalue weighted by Crippen LogP contribution is 2.19. The number of nitrogens with two attached hydrogens (primary N) is 2.